The van der Waals surface area contributed by atoms with Crippen molar-refractivity contribution in [3.8, 4) is 0 Å². The topological polar surface area (TPSA) is 55.5 Å². The van der Waals surface area contributed by atoms with E-state index in [4.69, 9.17) is 0 Å². The number of carbonyl (C=O) groups is 1. The van der Waals surface area contributed by atoms with Gasteiger partial charge < -0.3 is 9.80 Å². The minimum Gasteiger partial charge on any atom is -0.332 e. The van der Waals surface area contributed by atoms with Crippen LogP contribution in [0.2, 0.25) is 0 Å². The number of carbonyl (C=O) groups excluding carboxylic acids is 1. The molecule has 7 heteroatoms. The van der Waals surface area contributed by atoms with E-state index in [9.17, 15) is 9.18 Å². The van der Waals surface area contributed by atoms with E-state index < -0.39 is 0 Å². The SMILES string of the molecule is Cc1cc(C(=O)N(CCN2CCN(C)CC2)Cc2ccccc2F)n[nH]1. The van der Waals surface area contributed by atoms with Crippen molar-refractivity contribution >= 4 is 5.91 Å². The van der Waals surface area contributed by atoms with E-state index in [1.54, 1.807) is 29.2 Å². The molecule has 140 valence electrons. The summed E-state index contributed by atoms with van der Waals surface area (Å²) in [5, 5.41) is 6.88. The number of nitrogens with one attached hydrogen (secondary N) is 1. The number of piperazine rings is 1. The number of benzene rings is 1. The Morgan fingerprint density at radius 3 is 2.65 bits per heavy atom. The Bertz CT molecular complexity index is 739. The van der Waals surface area contributed by atoms with Crippen LogP contribution in [0.25, 0.3) is 0 Å². The van der Waals surface area contributed by atoms with Gasteiger partial charge in [-0.1, -0.05) is 18.2 Å². The van der Waals surface area contributed by atoms with Crippen LogP contribution in [0, 0.1) is 12.7 Å². The second-order valence-electron chi connectivity index (χ2n) is 6.90. The van der Waals surface area contributed by atoms with Crippen LogP contribution >= 0.6 is 0 Å². The van der Waals surface area contributed by atoms with Gasteiger partial charge in [0.1, 0.15) is 11.5 Å². The molecule has 2 aromatic rings. The molecule has 1 aliphatic rings. The van der Waals surface area contributed by atoms with Gasteiger partial charge in [-0.2, -0.15) is 5.10 Å². The Morgan fingerprint density at radius 2 is 2.00 bits per heavy atom. The van der Waals surface area contributed by atoms with Crippen molar-refractivity contribution < 1.29 is 9.18 Å². The Balaban J connectivity index is 1.70. The molecule has 0 unspecified atom stereocenters. The number of H-pyrrole nitrogens is 1. The molecule has 1 amide bonds. The lowest BCUT2D eigenvalue weighted by molar-refractivity contribution is 0.0693. The number of amides is 1. The Labute approximate surface area is 153 Å². The summed E-state index contributed by atoms with van der Waals surface area (Å²) in [5.41, 5.74) is 1.72. The lowest BCUT2D eigenvalue weighted by Gasteiger charge is -2.34. The summed E-state index contributed by atoms with van der Waals surface area (Å²) >= 11 is 0. The summed E-state index contributed by atoms with van der Waals surface area (Å²) in [6.07, 6.45) is 0. The minimum absolute atomic E-state index is 0.174. The van der Waals surface area contributed by atoms with Crippen LogP contribution in [-0.2, 0) is 6.54 Å². The van der Waals surface area contributed by atoms with Gasteiger partial charge in [0.2, 0.25) is 0 Å². The summed E-state index contributed by atoms with van der Waals surface area (Å²) < 4.78 is 14.1. The second kappa shape index (κ2) is 8.42. The maximum absolute atomic E-state index is 14.1. The molecule has 2 heterocycles. The number of aromatic amines is 1. The van der Waals surface area contributed by atoms with E-state index in [2.05, 4.69) is 27.0 Å². The van der Waals surface area contributed by atoms with E-state index >= 15 is 0 Å². The third kappa shape index (κ3) is 4.68. The first-order valence-corrected chi connectivity index (χ1v) is 8.98. The van der Waals surface area contributed by atoms with Crippen molar-refractivity contribution in [1.29, 1.82) is 0 Å². The number of hydrogen-bond acceptors (Lipinski definition) is 4. The highest BCUT2D eigenvalue weighted by Gasteiger charge is 2.22. The predicted octanol–water partition coefficient (Wildman–Crippen LogP) is 1.75. The number of halogens is 1. The van der Waals surface area contributed by atoms with Gasteiger partial charge in [0.15, 0.2) is 0 Å². The molecule has 0 radical (unpaired) electrons. The smallest absolute Gasteiger partial charge is 0.274 e. The Kier molecular flexibility index (Phi) is 6.00. The number of likely N-dealkylation sites (N-methyl/N-ethyl adjacent to an activating group) is 1. The largest absolute Gasteiger partial charge is 0.332 e. The molecule has 1 N–H and O–H groups in total. The summed E-state index contributed by atoms with van der Waals surface area (Å²) in [4.78, 5) is 19.2. The molecule has 1 aliphatic heterocycles. The lowest BCUT2D eigenvalue weighted by atomic mass is 10.2. The summed E-state index contributed by atoms with van der Waals surface area (Å²) in [6, 6.07) is 8.33. The molecule has 3 rings (SSSR count). The maximum atomic E-state index is 14.1. The monoisotopic (exact) mass is 359 g/mol. The van der Waals surface area contributed by atoms with Crippen molar-refractivity contribution in [3.05, 3.63) is 53.1 Å². The quantitative estimate of drug-likeness (QED) is 0.854. The number of rotatable bonds is 6. The van der Waals surface area contributed by atoms with Crippen LogP contribution in [0.1, 0.15) is 21.7 Å². The fourth-order valence-corrected chi connectivity index (χ4v) is 3.11. The van der Waals surface area contributed by atoms with E-state index in [1.165, 1.54) is 6.07 Å². The number of aryl methyl sites for hydroxylation is 1. The van der Waals surface area contributed by atoms with E-state index in [0.29, 0.717) is 17.8 Å². The maximum Gasteiger partial charge on any atom is 0.274 e. The summed E-state index contributed by atoms with van der Waals surface area (Å²) in [6.45, 7) is 7.44. The first-order chi connectivity index (χ1) is 12.5. The van der Waals surface area contributed by atoms with Gasteiger partial charge >= 0.3 is 0 Å². The van der Waals surface area contributed by atoms with Gasteiger partial charge in [-0.15, -0.1) is 0 Å². The molecular weight excluding hydrogens is 333 g/mol. The number of hydrogen-bond donors (Lipinski definition) is 1. The summed E-state index contributed by atoms with van der Waals surface area (Å²) in [5.74, 6) is -0.463. The highest BCUT2D eigenvalue weighted by molar-refractivity contribution is 5.92. The lowest BCUT2D eigenvalue weighted by Crippen LogP contribution is -2.47. The molecule has 0 bridgehead atoms. The molecule has 0 saturated carbocycles. The highest BCUT2D eigenvalue weighted by Crippen LogP contribution is 2.13. The average molecular weight is 359 g/mol. The van der Waals surface area contributed by atoms with Crippen molar-refractivity contribution in [3.63, 3.8) is 0 Å². The fraction of sp³-hybridized carbons (Fsp3) is 0.474. The molecule has 1 fully saturated rings. The van der Waals surface area contributed by atoms with E-state index in [1.807, 2.05) is 6.92 Å². The molecule has 1 aromatic heterocycles. The Morgan fingerprint density at radius 1 is 1.27 bits per heavy atom. The highest BCUT2D eigenvalue weighted by atomic mass is 19.1. The van der Waals surface area contributed by atoms with Crippen LogP contribution in [0.4, 0.5) is 4.39 Å². The molecule has 0 aliphatic carbocycles. The zero-order chi connectivity index (χ0) is 18.5. The first kappa shape index (κ1) is 18.5. The van der Waals surface area contributed by atoms with Gasteiger partial charge in [0.25, 0.3) is 5.91 Å². The predicted molar refractivity (Wildman–Crippen MR) is 98.4 cm³/mol. The van der Waals surface area contributed by atoms with Crippen LogP contribution in [0.15, 0.2) is 30.3 Å². The van der Waals surface area contributed by atoms with E-state index in [0.717, 1.165) is 38.4 Å². The Hall–Kier alpha value is -2.25. The zero-order valence-electron chi connectivity index (χ0n) is 15.4. The van der Waals surface area contributed by atoms with Crippen LogP contribution in [-0.4, -0.2) is 77.1 Å². The van der Waals surface area contributed by atoms with Crippen LogP contribution < -0.4 is 0 Å². The minimum atomic E-state index is -0.289. The number of nitrogens with zero attached hydrogens (tertiary/aromatic N) is 4. The number of aromatic nitrogens is 2. The van der Waals surface area contributed by atoms with Gasteiger partial charge in [-0.3, -0.25) is 14.8 Å². The normalized spacial score (nSPS) is 16.0. The van der Waals surface area contributed by atoms with Gasteiger partial charge in [0, 0.05) is 57.1 Å². The van der Waals surface area contributed by atoms with Crippen molar-refractivity contribution in [1.82, 2.24) is 24.9 Å². The van der Waals surface area contributed by atoms with Gasteiger partial charge in [-0.05, 0) is 26.1 Å². The fourth-order valence-electron chi connectivity index (χ4n) is 3.11. The van der Waals surface area contributed by atoms with Crippen LogP contribution in [0.3, 0.4) is 0 Å². The zero-order valence-corrected chi connectivity index (χ0v) is 15.4. The van der Waals surface area contributed by atoms with Crippen molar-refractivity contribution in [2.24, 2.45) is 0 Å². The van der Waals surface area contributed by atoms with E-state index in [-0.39, 0.29) is 18.3 Å². The third-order valence-corrected chi connectivity index (χ3v) is 4.81. The average Bonchev–Trinajstić information content (AvgIpc) is 3.07. The summed E-state index contributed by atoms with van der Waals surface area (Å²) in [7, 11) is 2.12. The first-order valence-electron chi connectivity index (χ1n) is 8.98. The van der Waals surface area contributed by atoms with Gasteiger partial charge in [0.05, 0.1) is 0 Å². The molecule has 0 atom stereocenters. The molecule has 0 spiro atoms. The molecule has 1 aromatic carbocycles. The molecule has 26 heavy (non-hydrogen) atoms. The van der Waals surface area contributed by atoms with Crippen molar-refractivity contribution in [2.45, 2.75) is 13.5 Å². The molecule has 6 nitrogen and oxygen atoms in total. The van der Waals surface area contributed by atoms with Crippen LogP contribution in [0.5, 0.6) is 0 Å². The standard InChI is InChI=1S/C19H26FN5O/c1-15-13-18(22-21-15)19(26)25(14-16-5-3-4-6-17(16)20)12-11-24-9-7-23(2)8-10-24/h3-6,13H,7-12,14H2,1-2H3,(H,21,22). The molecular formula is C19H26FN5O. The second-order valence-corrected chi connectivity index (χ2v) is 6.90. The molecule has 1 saturated heterocycles. The van der Waals surface area contributed by atoms with Gasteiger partial charge in [-0.25, -0.2) is 4.39 Å². The van der Waals surface area contributed by atoms with Crippen molar-refractivity contribution in [2.75, 3.05) is 46.3 Å². The third-order valence-electron chi connectivity index (χ3n) is 4.81.